The third-order valence-corrected chi connectivity index (χ3v) is 4.60. The van der Waals surface area contributed by atoms with Crippen molar-refractivity contribution in [1.82, 2.24) is 14.5 Å². The molecule has 11 nitrogen and oxygen atoms in total. The molecular formula is C18H22N4O7. The van der Waals surface area contributed by atoms with E-state index in [2.05, 4.69) is 9.97 Å². The van der Waals surface area contributed by atoms with Gasteiger partial charge < -0.3 is 29.2 Å². The number of nitrogens with zero attached hydrogens (tertiary/aromatic N) is 3. The van der Waals surface area contributed by atoms with Crippen LogP contribution in [0.25, 0.3) is 11.0 Å². The van der Waals surface area contributed by atoms with E-state index in [1.54, 1.807) is 23.8 Å². The molecule has 0 aromatic carbocycles. The van der Waals surface area contributed by atoms with Crippen molar-refractivity contribution in [3.8, 4) is 0 Å². The standard InChI is InChI=1S/C18H22N4O7/c1-9(23)26-7-13-14(27-10(2)24)18(4,29-11(3)25)17(28-13)22-6-5-12-15(19)20-8-21-16(12)22/h5-6,8,13-14,17H,7H2,1-4H3,(H2,19,20,21)/t13-,14-,17-,18-/m1/s1. The van der Waals surface area contributed by atoms with Crippen LogP contribution in [0.5, 0.6) is 0 Å². The minimum Gasteiger partial charge on any atom is -0.463 e. The van der Waals surface area contributed by atoms with Crippen molar-refractivity contribution in [3.05, 3.63) is 18.6 Å². The molecule has 0 aliphatic carbocycles. The minimum atomic E-state index is -1.44. The Kier molecular flexibility index (Phi) is 5.42. The molecule has 29 heavy (non-hydrogen) atoms. The molecule has 0 saturated carbocycles. The molecule has 0 spiro atoms. The summed E-state index contributed by atoms with van der Waals surface area (Å²) in [7, 11) is 0. The van der Waals surface area contributed by atoms with Crippen molar-refractivity contribution < 1.29 is 33.3 Å². The van der Waals surface area contributed by atoms with Gasteiger partial charge in [-0.3, -0.25) is 14.4 Å². The predicted molar refractivity (Wildman–Crippen MR) is 98.2 cm³/mol. The summed E-state index contributed by atoms with van der Waals surface area (Å²) in [5, 5.41) is 0.578. The van der Waals surface area contributed by atoms with Crippen molar-refractivity contribution >= 4 is 34.8 Å². The highest BCUT2D eigenvalue weighted by Crippen LogP contribution is 2.44. The van der Waals surface area contributed by atoms with Crippen LogP contribution in [0.4, 0.5) is 5.82 Å². The molecule has 1 aliphatic heterocycles. The topological polar surface area (TPSA) is 145 Å². The molecule has 0 amide bonds. The number of aromatic nitrogens is 3. The highest BCUT2D eigenvalue weighted by atomic mass is 16.7. The molecule has 156 valence electrons. The first-order valence-electron chi connectivity index (χ1n) is 8.86. The molecule has 2 N–H and O–H groups in total. The monoisotopic (exact) mass is 406 g/mol. The molecule has 11 heteroatoms. The van der Waals surface area contributed by atoms with Gasteiger partial charge in [0.2, 0.25) is 0 Å². The Morgan fingerprint density at radius 1 is 1.21 bits per heavy atom. The number of nitrogens with two attached hydrogens (primary N) is 1. The second-order valence-electron chi connectivity index (χ2n) is 6.86. The first-order valence-corrected chi connectivity index (χ1v) is 8.86. The first-order chi connectivity index (χ1) is 13.6. The van der Waals surface area contributed by atoms with Gasteiger partial charge in [0.05, 0.1) is 5.39 Å². The van der Waals surface area contributed by atoms with Crippen LogP contribution in [-0.4, -0.2) is 56.9 Å². The highest BCUT2D eigenvalue weighted by Gasteiger charge is 2.60. The molecule has 0 bridgehead atoms. The van der Waals surface area contributed by atoms with E-state index in [0.29, 0.717) is 11.0 Å². The van der Waals surface area contributed by atoms with Crippen molar-refractivity contribution in [2.45, 2.75) is 51.7 Å². The summed E-state index contributed by atoms with van der Waals surface area (Å²) in [5.41, 5.74) is 4.90. The lowest BCUT2D eigenvalue weighted by Crippen LogP contribution is -2.50. The number of rotatable bonds is 5. The van der Waals surface area contributed by atoms with Crippen molar-refractivity contribution in [1.29, 1.82) is 0 Å². The van der Waals surface area contributed by atoms with Gasteiger partial charge in [-0.15, -0.1) is 0 Å². The number of hydrogen-bond donors (Lipinski definition) is 1. The van der Waals surface area contributed by atoms with Gasteiger partial charge in [0.25, 0.3) is 0 Å². The zero-order valence-electron chi connectivity index (χ0n) is 16.4. The average molecular weight is 406 g/mol. The SMILES string of the molecule is CC(=O)OC[C@H]1O[C@@H](n2ccc3c(N)ncnc32)[C@](C)(OC(C)=O)[C@@H]1OC(C)=O. The molecule has 1 saturated heterocycles. The smallest absolute Gasteiger partial charge is 0.303 e. The highest BCUT2D eigenvalue weighted by molar-refractivity contribution is 5.86. The number of fused-ring (bicyclic) bond motifs is 1. The zero-order chi connectivity index (χ0) is 21.3. The van der Waals surface area contributed by atoms with Crippen LogP contribution in [0.3, 0.4) is 0 Å². The number of carbonyl (C=O) groups excluding carboxylic acids is 3. The molecule has 3 heterocycles. The zero-order valence-corrected chi connectivity index (χ0v) is 16.4. The van der Waals surface area contributed by atoms with Crippen LogP contribution in [0.2, 0.25) is 0 Å². The maximum atomic E-state index is 11.9. The fourth-order valence-electron chi connectivity index (χ4n) is 3.52. The van der Waals surface area contributed by atoms with Gasteiger partial charge in [0.1, 0.15) is 30.5 Å². The molecule has 2 aromatic rings. The van der Waals surface area contributed by atoms with E-state index >= 15 is 0 Å². The fraction of sp³-hybridized carbons (Fsp3) is 0.500. The first kappa shape index (κ1) is 20.5. The summed E-state index contributed by atoms with van der Waals surface area (Å²) in [5.74, 6) is -1.46. The van der Waals surface area contributed by atoms with Gasteiger partial charge in [-0.05, 0) is 13.0 Å². The molecule has 4 atom stereocenters. The molecule has 3 rings (SSSR count). The summed E-state index contributed by atoms with van der Waals surface area (Å²) in [6.07, 6.45) is 0.0923. The lowest BCUT2D eigenvalue weighted by molar-refractivity contribution is -0.184. The molecule has 2 aromatic heterocycles. The van der Waals surface area contributed by atoms with Gasteiger partial charge >= 0.3 is 17.9 Å². The number of ether oxygens (including phenoxy) is 4. The van der Waals surface area contributed by atoms with Gasteiger partial charge in [-0.25, -0.2) is 9.97 Å². The Labute approximate surface area is 166 Å². The Morgan fingerprint density at radius 3 is 2.55 bits per heavy atom. The second-order valence-corrected chi connectivity index (χ2v) is 6.86. The molecule has 0 unspecified atom stereocenters. The van der Waals surface area contributed by atoms with E-state index in [0.717, 1.165) is 0 Å². The predicted octanol–water partition coefficient (Wildman–Crippen LogP) is 0.727. The van der Waals surface area contributed by atoms with Gasteiger partial charge in [-0.2, -0.15) is 0 Å². The van der Waals surface area contributed by atoms with E-state index < -0.39 is 41.9 Å². The summed E-state index contributed by atoms with van der Waals surface area (Å²) >= 11 is 0. The average Bonchev–Trinajstić information content (AvgIpc) is 3.13. The Bertz CT molecular complexity index is 959. The molecule has 1 aliphatic rings. The number of anilines is 1. The lowest BCUT2D eigenvalue weighted by Gasteiger charge is -2.34. The lowest BCUT2D eigenvalue weighted by atomic mass is 9.95. The van der Waals surface area contributed by atoms with Crippen LogP contribution in [0.1, 0.15) is 33.9 Å². The van der Waals surface area contributed by atoms with E-state index in [-0.39, 0.29) is 12.4 Å². The van der Waals surface area contributed by atoms with Crippen LogP contribution in [-0.2, 0) is 33.3 Å². The van der Waals surface area contributed by atoms with E-state index in [1.807, 2.05) is 0 Å². The molecule has 1 fully saturated rings. The number of nitrogen functional groups attached to an aromatic ring is 1. The maximum Gasteiger partial charge on any atom is 0.303 e. The Morgan fingerprint density at radius 2 is 1.93 bits per heavy atom. The Balaban J connectivity index is 2.09. The van der Waals surface area contributed by atoms with Gasteiger partial charge in [-0.1, -0.05) is 0 Å². The summed E-state index contributed by atoms with van der Waals surface area (Å²) in [6, 6.07) is 1.70. The van der Waals surface area contributed by atoms with Crippen molar-refractivity contribution in [3.63, 3.8) is 0 Å². The maximum absolute atomic E-state index is 11.9. The fourth-order valence-corrected chi connectivity index (χ4v) is 3.52. The minimum absolute atomic E-state index is 0.197. The van der Waals surface area contributed by atoms with E-state index in [4.69, 9.17) is 24.7 Å². The Hall–Kier alpha value is -3.21. The van der Waals surface area contributed by atoms with Crippen molar-refractivity contribution in [2.75, 3.05) is 12.3 Å². The van der Waals surface area contributed by atoms with Crippen LogP contribution >= 0.6 is 0 Å². The van der Waals surface area contributed by atoms with E-state index in [1.165, 1.54) is 27.1 Å². The third-order valence-electron chi connectivity index (χ3n) is 4.60. The number of hydrogen-bond acceptors (Lipinski definition) is 10. The quantitative estimate of drug-likeness (QED) is 0.557. The van der Waals surface area contributed by atoms with Crippen LogP contribution in [0.15, 0.2) is 18.6 Å². The second kappa shape index (κ2) is 7.66. The van der Waals surface area contributed by atoms with Crippen LogP contribution in [0, 0.1) is 0 Å². The van der Waals surface area contributed by atoms with E-state index in [9.17, 15) is 14.4 Å². The third kappa shape index (κ3) is 3.86. The number of esters is 3. The summed E-state index contributed by atoms with van der Waals surface area (Å²) < 4.78 is 23.8. The van der Waals surface area contributed by atoms with Gasteiger partial charge in [0.15, 0.2) is 17.9 Å². The van der Waals surface area contributed by atoms with Gasteiger partial charge in [0, 0.05) is 27.0 Å². The normalized spacial score (nSPS) is 26.3. The van der Waals surface area contributed by atoms with Crippen LogP contribution < -0.4 is 5.73 Å². The summed E-state index contributed by atoms with van der Waals surface area (Å²) in [6.45, 7) is 5.09. The summed E-state index contributed by atoms with van der Waals surface area (Å²) in [4.78, 5) is 43.1. The number of carbonyl (C=O) groups is 3. The molecular weight excluding hydrogens is 384 g/mol. The van der Waals surface area contributed by atoms with Crippen molar-refractivity contribution in [2.24, 2.45) is 0 Å². The molecule has 0 radical (unpaired) electrons. The largest absolute Gasteiger partial charge is 0.463 e.